The van der Waals surface area contributed by atoms with E-state index in [4.69, 9.17) is 0 Å². The van der Waals surface area contributed by atoms with Crippen molar-refractivity contribution in [2.75, 3.05) is 11.9 Å². The predicted octanol–water partition coefficient (Wildman–Crippen LogP) is 4.47. The molecule has 26 heavy (non-hydrogen) atoms. The van der Waals surface area contributed by atoms with Crippen LogP contribution in [-0.4, -0.2) is 28.4 Å². The van der Waals surface area contributed by atoms with Crippen LogP contribution in [0.3, 0.4) is 0 Å². The highest BCUT2D eigenvalue weighted by atomic mass is 16.2. The summed E-state index contributed by atoms with van der Waals surface area (Å²) < 4.78 is 0. The lowest BCUT2D eigenvalue weighted by atomic mass is 10.1. The van der Waals surface area contributed by atoms with Gasteiger partial charge in [0.2, 0.25) is 5.91 Å². The Balaban J connectivity index is 1.73. The molecule has 1 amide bonds. The van der Waals surface area contributed by atoms with Gasteiger partial charge in [-0.25, -0.2) is 0 Å². The summed E-state index contributed by atoms with van der Waals surface area (Å²) in [5.74, 6) is 0.0205. The largest absolute Gasteiger partial charge is 0.325 e. The van der Waals surface area contributed by atoms with Gasteiger partial charge in [0.1, 0.15) is 0 Å². The molecule has 0 unspecified atom stereocenters. The molecule has 1 heterocycles. The molecule has 1 N–H and O–H groups in total. The minimum Gasteiger partial charge on any atom is -0.325 e. The van der Waals surface area contributed by atoms with E-state index in [9.17, 15) is 4.79 Å². The van der Waals surface area contributed by atoms with Crippen LogP contribution in [0.15, 0.2) is 66.9 Å². The fraction of sp³-hybridized carbons (Fsp3) is 0.273. The molecular weight excluding hydrogens is 322 g/mol. The lowest BCUT2D eigenvalue weighted by Crippen LogP contribution is -2.42. The fourth-order valence-electron chi connectivity index (χ4n) is 3.09. The summed E-state index contributed by atoms with van der Waals surface area (Å²) in [5.41, 5.74) is 3.02. The second kappa shape index (κ2) is 8.59. The molecule has 0 aliphatic heterocycles. The zero-order chi connectivity index (χ0) is 18.4. The SMILES string of the molecule is CCCN(Cc1ccc2ncccc2c1)[C@H](C)C(=O)Nc1ccccc1. The Morgan fingerprint density at radius 1 is 1.12 bits per heavy atom. The Labute approximate surface area is 154 Å². The maximum absolute atomic E-state index is 12.7. The highest BCUT2D eigenvalue weighted by Crippen LogP contribution is 2.17. The van der Waals surface area contributed by atoms with Crippen molar-refractivity contribution >= 4 is 22.5 Å². The first-order valence-electron chi connectivity index (χ1n) is 9.11. The number of rotatable bonds is 7. The molecule has 1 atom stereocenters. The molecule has 0 bridgehead atoms. The summed E-state index contributed by atoms with van der Waals surface area (Å²) in [6.45, 7) is 5.71. The second-order valence-corrected chi connectivity index (χ2v) is 6.53. The van der Waals surface area contributed by atoms with Crippen molar-refractivity contribution in [3.8, 4) is 0 Å². The Bertz CT molecular complexity index is 863. The van der Waals surface area contributed by atoms with Crippen molar-refractivity contribution in [3.05, 3.63) is 72.4 Å². The number of aromatic nitrogens is 1. The van der Waals surface area contributed by atoms with Gasteiger partial charge in [0.15, 0.2) is 0 Å². The summed E-state index contributed by atoms with van der Waals surface area (Å²) in [4.78, 5) is 19.3. The van der Waals surface area contributed by atoms with E-state index in [1.54, 1.807) is 6.20 Å². The van der Waals surface area contributed by atoms with Crippen molar-refractivity contribution in [1.82, 2.24) is 9.88 Å². The van der Waals surface area contributed by atoms with E-state index < -0.39 is 0 Å². The van der Waals surface area contributed by atoms with Crippen LogP contribution in [0.4, 0.5) is 5.69 Å². The Hall–Kier alpha value is -2.72. The van der Waals surface area contributed by atoms with Crippen molar-refractivity contribution in [1.29, 1.82) is 0 Å². The number of fused-ring (bicyclic) bond motifs is 1. The van der Waals surface area contributed by atoms with Crippen LogP contribution in [0.1, 0.15) is 25.8 Å². The molecule has 4 heteroatoms. The van der Waals surface area contributed by atoms with E-state index in [0.717, 1.165) is 36.1 Å². The number of carbonyl (C=O) groups excluding carboxylic acids is 1. The first-order chi connectivity index (χ1) is 12.7. The normalized spacial score (nSPS) is 12.3. The highest BCUT2D eigenvalue weighted by molar-refractivity contribution is 5.94. The van der Waals surface area contributed by atoms with E-state index in [-0.39, 0.29) is 11.9 Å². The Morgan fingerprint density at radius 3 is 2.69 bits per heavy atom. The van der Waals surface area contributed by atoms with Gasteiger partial charge in [-0.3, -0.25) is 14.7 Å². The molecule has 0 aliphatic carbocycles. The van der Waals surface area contributed by atoms with E-state index in [0.29, 0.717) is 0 Å². The highest BCUT2D eigenvalue weighted by Gasteiger charge is 2.21. The third-order valence-electron chi connectivity index (χ3n) is 4.53. The number of nitrogens with one attached hydrogen (secondary N) is 1. The summed E-state index contributed by atoms with van der Waals surface area (Å²) in [6.07, 6.45) is 2.81. The molecule has 1 aromatic heterocycles. The molecule has 3 aromatic rings. The average Bonchev–Trinajstić information content (AvgIpc) is 2.67. The average molecular weight is 347 g/mol. The van der Waals surface area contributed by atoms with Gasteiger partial charge in [-0.05, 0) is 55.8 Å². The molecule has 0 aliphatic rings. The van der Waals surface area contributed by atoms with E-state index in [2.05, 4.69) is 40.3 Å². The van der Waals surface area contributed by atoms with Crippen LogP contribution in [0, 0.1) is 0 Å². The first kappa shape index (κ1) is 18.1. The summed E-state index contributed by atoms with van der Waals surface area (Å²) in [5, 5.41) is 4.13. The number of carbonyl (C=O) groups is 1. The number of amides is 1. The molecule has 4 nitrogen and oxygen atoms in total. The second-order valence-electron chi connectivity index (χ2n) is 6.53. The van der Waals surface area contributed by atoms with Crippen LogP contribution in [0.5, 0.6) is 0 Å². The van der Waals surface area contributed by atoms with Gasteiger partial charge in [-0.1, -0.05) is 37.3 Å². The zero-order valence-corrected chi connectivity index (χ0v) is 15.4. The van der Waals surface area contributed by atoms with Crippen molar-refractivity contribution in [3.63, 3.8) is 0 Å². The van der Waals surface area contributed by atoms with E-state index in [1.165, 1.54) is 5.56 Å². The summed E-state index contributed by atoms with van der Waals surface area (Å²) in [6, 6.07) is 19.7. The third-order valence-corrected chi connectivity index (χ3v) is 4.53. The fourth-order valence-corrected chi connectivity index (χ4v) is 3.09. The van der Waals surface area contributed by atoms with Gasteiger partial charge < -0.3 is 5.32 Å². The molecular formula is C22H25N3O. The van der Waals surface area contributed by atoms with Crippen LogP contribution in [0.25, 0.3) is 10.9 Å². The van der Waals surface area contributed by atoms with Crippen LogP contribution in [-0.2, 0) is 11.3 Å². The third kappa shape index (κ3) is 4.46. The summed E-state index contributed by atoms with van der Waals surface area (Å²) >= 11 is 0. The number of hydrogen-bond donors (Lipinski definition) is 1. The number of hydrogen-bond acceptors (Lipinski definition) is 3. The predicted molar refractivity (Wildman–Crippen MR) is 107 cm³/mol. The van der Waals surface area contributed by atoms with Crippen LogP contribution < -0.4 is 5.32 Å². The maximum atomic E-state index is 12.7. The van der Waals surface area contributed by atoms with Crippen LogP contribution in [0.2, 0.25) is 0 Å². The van der Waals surface area contributed by atoms with Gasteiger partial charge in [0.25, 0.3) is 0 Å². The molecule has 134 valence electrons. The van der Waals surface area contributed by atoms with Gasteiger partial charge in [-0.15, -0.1) is 0 Å². The molecule has 0 radical (unpaired) electrons. The Kier molecular flexibility index (Phi) is 5.97. The quantitative estimate of drug-likeness (QED) is 0.686. The van der Waals surface area contributed by atoms with E-state index in [1.807, 2.05) is 49.4 Å². The molecule has 0 spiro atoms. The smallest absolute Gasteiger partial charge is 0.241 e. The number of anilines is 1. The lowest BCUT2D eigenvalue weighted by Gasteiger charge is -2.28. The van der Waals surface area contributed by atoms with Gasteiger partial charge in [-0.2, -0.15) is 0 Å². The molecule has 0 saturated carbocycles. The molecule has 0 fully saturated rings. The number of nitrogens with zero attached hydrogens (tertiary/aromatic N) is 2. The first-order valence-corrected chi connectivity index (χ1v) is 9.11. The Morgan fingerprint density at radius 2 is 1.92 bits per heavy atom. The topological polar surface area (TPSA) is 45.2 Å². The number of benzene rings is 2. The minimum atomic E-state index is -0.209. The monoisotopic (exact) mass is 347 g/mol. The van der Waals surface area contributed by atoms with Gasteiger partial charge >= 0.3 is 0 Å². The van der Waals surface area contributed by atoms with Crippen molar-refractivity contribution in [2.24, 2.45) is 0 Å². The maximum Gasteiger partial charge on any atom is 0.241 e. The van der Waals surface area contributed by atoms with Crippen LogP contribution >= 0.6 is 0 Å². The van der Waals surface area contributed by atoms with Gasteiger partial charge in [0.05, 0.1) is 11.6 Å². The lowest BCUT2D eigenvalue weighted by molar-refractivity contribution is -0.121. The molecule has 2 aromatic carbocycles. The van der Waals surface area contributed by atoms with Crippen molar-refractivity contribution < 1.29 is 4.79 Å². The van der Waals surface area contributed by atoms with Crippen molar-refractivity contribution in [2.45, 2.75) is 32.9 Å². The molecule has 3 rings (SSSR count). The molecule has 0 saturated heterocycles. The zero-order valence-electron chi connectivity index (χ0n) is 15.4. The summed E-state index contributed by atoms with van der Waals surface area (Å²) in [7, 11) is 0. The number of para-hydroxylation sites is 1. The standard InChI is InChI=1S/C22H25N3O/c1-3-14-25(17(2)22(26)24-20-9-5-4-6-10-20)16-18-11-12-21-19(15-18)8-7-13-23-21/h4-13,15,17H,3,14,16H2,1-2H3,(H,24,26)/t17-/m1/s1. The minimum absolute atomic E-state index is 0.0205. The number of pyridine rings is 1. The van der Waals surface area contributed by atoms with Gasteiger partial charge in [0, 0.05) is 23.8 Å². The van der Waals surface area contributed by atoms with E-state index >= 15 is 0 Å².